The average molecular weight is 528 g/mol. The lowest BCUT2D eigenvalue weighted by atomic mass is 9.88. The minimum absolute atomic E-state index is 0.0219. The molecule has 0 saturated carbocycles. The minimum atomic E-state index is -0.875. The quantitative estimate of drug-likeness (QED) is 0.377. The molecule has 0 aliphatic heterocycles. The monoisotopic (exact) mass is 527 g/mol. The van der Waals surface area contributed by atoms with E-state index in [9.17, 15) is 18.4 Å². The molecule has 37 heavy (non-hydrogen) atoms. The molecule has 0 radical (unpaired) electrons. The molecule has 0 aliphatic carbocycles. The largest absolute Gasteiger partial charge is 0.485 e. The van der Waals surface area contributed by atoms with E-state index in [1.165, 1.54) is 27.7 Å². The molecule has 192 valence electrons. The van der Waals surface area contributed by atoms with Gasteiger partial charge in [-0.25, -0.2) is 13.8 Å². The van der Waals surface area contributed by atoms with Crippen LogP contribution in [0, 0.1) is 25.5 Å². The standard InChI is InChI=1S/C26H24ClF2N5O3/c1-14-11-31-22(34-24(35)17(6-7-32-34)26(3,4)5)10-20(14)33-15(2)8-21(23(27)25(33)36)37-13-19-18(29)9-16(28)12-30-19/h6-12H,13H2,1-5H3. The summed E-state index contributed by atoms with van der Waals surface area (Å²) in [7, 11) is 0. The van der Waals surface area contributed by atoms with Gasteiger partial charge in [0.15, 0.2) is 11.6 Å². The normalized spacial score (nSPS) is 11.6. The molecule has 0 aromatic carbocycles. The zero-order valence-electron chi connectivity index (χ0n) is 20.8. The van der Waals surface area contributed by atoms with E-state index in [0.717, 1.165) is 6.20 Å². The molecular formula is C26H24ClF2N5O3. The first-order chi connectivity index (χ1) is 17.4. The number of pyridine rings is 3. The van der Waals surface area contributed by atoms with Gasteiger partial charge in [-0.1, -0.05) is 32.4 Å². The van der Waals surface area contributed by atoms with Gasteiger partial charge in [-0.3, -0.25) is 19.1 Å². The highest BCUT2D eigenvalue weighted by Crippen LogP contribution is 2.26. The van der Waals surface area contributed by atoms with Crippen LogP contribution in [-0.2, 0) is 12.0 Å². The smallest absolute Gasteiger partial charge is 0.277 e. The van der Waals surface area contributed by atoms with Crippen molar-refractivity contribution in [1.82, 2.24) is 24.3 Å². The SMILES string of the molecule is Cc1cnc(-n2nccc(C(C)(C)C)c2=O)cc1-n1c(C)cc(OCc2ncc(F)cc2F)c(Cl)c1=O. The third kappa shape index (κ3) is 5.15. The fraction of sp³-hybridized carbons (Fsp3) is 0.269. The van der Waals surface area contributed by atoms with Crippen molar-refractivity contribution in [2.45, 2.75) is 46.6 Å². The Hall–Kier alpha value is -3.92. The predicted molar refractivity (Wildman–Crippen MR) is 135 cm³/mol. The Kier molecular flexibility index (Phi) is 6.96. The highest BCUT2D eigenvalue weighted by molar-refractivity contribution is 6.31. The van der Waals surface area contributed by atoms with E-state index in [0.29, 0.717) is 28.6 Å². The van der Waals surface area contributed by atoms with E-state index in [-0.39, 0.29) is 34.5 Å². The Labute approximate surface area is 216 Å². The lowest BCUT2D eigenvalue weighted by Crippen LogP contribution is -2.31. The molecule has 4 aromatic rings. The summed E-state index contributed by atoms with van der Waals surface area (Å²) in [6, 6.07) is 5.47. The number of aryl methyl sites for hydroxylation is 2. The maximum Gasteiger partial charge on any atom is 0.277 e. The third-order valence-electron chi connectivity index (χ3n) is 5.72. The minimum Gasteiger partial charge on any atom is -0.485 e. The molecule has 4 rings (SSSR count). The van der Waals surface area contributed by atoms with Gasteiger partial charge >= 0.3 is 0 Å². The van der Waals surface area contributed by atoms with Crippen molar-refractivity contribution >= 4 is 11.6 Å². The van der Waals surface area contributed by atoms with Crippen LogP contribution in [0.3, 0.4) is 0 Å². The fourth-order valence-corrected chi connectivity index (χ4v) is 3.98. The Morgan fingerprint density at radius 3 is 2.43 bits per heavy atom. The maximum absolute atomic E-state index is 13.9. The number of hydrogen-bond donors (Lipinski definition) is 0. The van der Waals surface area contributed by atoms with Crippen LogP contribution in [0.15, 0.2) is 52.4 Å². The second-order valence-corrected chi connectivity index (χ2v) is 9.89. The van der Waals surface area contributed by atoms with Crippen molar-refractivity contribution in [2.24, 2.45) is 0 Å². The van der Waals surface area contributed by atoms with E-state index in [1.807, 2.05) is 20.8 Å². The van der Waals surface area contributed by atoms with Gasteiger partial charge in [-0.05, 0) is 30.9 Å². The topological polar surface area (TPSA) is 91.9 Å². The lowest BCUT2D eigenvalue weighted by Gasteiger charge is -2.19. The summed E-state index contributed by atoms with van der Waals surface area (Å²) in [5, 5.41) is 3.94. The number of nitrogens with zero attached hydrogens (tertiary/aromatic N) is 5. The summed E-state index contributed by atoms with van der Waals surface area (Å²) in [5.74, 6) is -1.43. The molecule has 4 aromatic heterocycles. The predicted octanol–water partition coefficient (Wildman–Crippen LogP) is 4.60. The maximum atomic E-state index is 13.9. The molecule has 11 heteroatoms. The summed E-state index contributed by atoms with van der Waals surface area (Å²) < 4.78 is 35.1. The van der Waals surface area contributed by atoms with Crippen LogP contribution in [0.4, 0.5) is 8.78 Å². The van der Waals surface area contributed by atoms with Crippen molar-refractivity contribution < 1.29 is 13.5 Å². The second kappa shape index (κ2) is 9.85. The van der Waals surface area contributed by atoms with Crippen LogP contribution >= 0.6 is 11.6 Å². The summed E-state index contributed by atoms with van der Waals surface area (Å²) in [6.45, 7) is 8.86. The van der Waals surface area contributed by atoms with Crippen LogP contribution < -0.4 is 15.9 Å². The number of halogens is 3. The molecule has 0 bridgehead atoms. The molecule has 0 N–H and O–H groups in total. The van der Waals surface area contributed by atoms with E-state index < -0.39 is 22.6 Å². The number of aromatic nitrogens is 5. The molecule has 0 spiro atoms. The fourth-order valence-electron chi connectivity index (χ4n) is 3.79. The Balaban J connectivity index is 1.76. The summed E-state index contributed by atoms with van der Waals surface area (Å²) >= 11 is 6.34. The van der Waals surface area contributed by atoms with Crippen molar-refractivity contribution in [3.05, 3.63) is 103 Å². The molecule has 8 nitrogen and oxygen atoms in total. The van der Waals surface area contributed by atoms with E-state index in [2.05, 4.69) is 15.1 Å². The van der Waals surface area contributed by atoms with Crippen LogP contribution in [0.2, 0.25) is 5.02 Å². The third-order valence-corrected chi connectivity index (χ3v) is 6.07. The molecule has 0 amide bonds. The molecule has 4 heterocycles. The molecule has 0 saturated heterocycles. The van der Waals surface area contributed by atoms with Gasteiger partial charge in [0.1, 0.15) is 28.9 Å². The van der Waals surface area contributed by atoms with Crippen molar-refractivity contribution in [1.29, 1.82) is 0 Å². The first-order valence-electron chi connectivity index (χ1n) is 11.3. The number of rotatable bonds is 5. The van der Waals surface area contributed by atoms with E-state index in [1.54, 1.807) is 26.0 Å². The first-order valence-corrected chi connectivity index (χ1v) is 11.7. The highest BCUT2D eigenvalue weighted by Gasteiger charge is 2.21. The van der Waals surface area contributed by atoms with Gasteiger partial charge in [0, 0.05) is 41.9 Å². The van der Waals surface area contributed by atoms with Crippen LogP contribution in [0.5, 0.6) is 5.75 Å². The van der Waals surface area contributed by atoms with E-state index >= 15 is 0 Å². The summed E-state index contributed by atoms with van der Waals surface area (Å²) in [6.07, 6.45) is 3.94. The highest BCUT2D eigenvalue weighted by atomic mass is 35.5. The van der Waals surface area contributed by atoms with Crippen molar-refractivity contribution in [3.63, 3.8) is 0 Å². The zero-order valence-corrected chi connectivity index (χ0v) is 21.6. The van der Waals surface area contributed by atoms with Crippen molar-refractivity contribution in [2.75, 3.05) is 0 Å². The molecule has 0 unspecified atom stereocenters. The van der Waals surface area contributed by atoms with Gasteiger partial charge in [0.2, 0.25) is 0 Å². The molecule has 0 aliphatic rings. The zero-order chi connectivity index (χ0) is 27.1. The van der Waals surface area contributed by atoms with Gasteiger partial charge in [0.05, 0.1) is 11.9 Å². The Morgan fingerprint density at radius 1 is 1.03 bits per heavy atom. The van der Waals surface area contributed by atoms with Gasteiger partial charge in [-0.15, -0.1) is 0 Å². The molecule has 0 fully saturated rings. The van der Waals surface area contributed by atoms with Crippen LogP contribution in [-0.4, -0.2) is 24.3 Å². The van der Waals surface area contributed by atoms with Gasteiger partial charge < -0.3 is 4.74 Å². The van der Waals surface area contributed by atoms with Crippen LogP contribution in [0.25, 0.3) is 11.5 Å². The van der Waals surface area contributed by atoms with Gasteiger partial charge in [-0.2, -0.15) is 9.78 Å². The van der Waals surface area contributed by atoms with E-state index in [4.69, 9.17) is 16.3 Å². The van der Waals surface area contributed by atoms with Crippen LogP contribution in [0.1, 0.15) is 43.3 Å². The average Bonchev–Trinajstić information content (AvgIpc) is 2.82. The summed E-state index contributed by atoms with van der Waals surface area (Å²) in [5.41, 5.74) is 0.677. The summed E-state index contributed by atoms with van der Waals surface area (Å²) in [4.78, 5) is 34.4. The first kappa shape index (κ1) is 26.2. The molecular weight excluding hydrogens is 504 g/mol. The van der Waals surface area contributed by atoms with Crippen molar-refractivity contribution in [3.8, 4) is 17.3 Å². The Morgan fingerprint density at radius 2 is 1.76 bits per heavy atom. The van der Waals surface area contributed by atoms with Gasteiger partial charge in [0.25, 0.3) is 11.1 Å². The lowest BCUT2D eigenvalue weighted by molar-refractivity contribution is 0.292. The second-order valence-electron chi connectivity index (χ2n) is 9.52. The number of hydrogen-bond acceptors (Lipinski definition) is 6. The Bertz CT molecular complexity index is 1630. The number of ether oxygens (including phenoxy) is 1. The molecule has 0 atom stereocenters.